The molecule has 2 rings (SSSR count). The van der Waals surface area contributed by atoms with Crippen LogP contribution in [0.4, 0.5) is 5.69 Å². The Hall–Kier alpha value is -2.93. The lowest BCUT2D eigenvalue weighted by molar-refractivity contribution is 0.0919. The Balaban J connectivity index is 2.11. The molecule has 0 radical (unpaired) electrons. The Morgan fingerprint density at radius 1 is 0.966 bits per heavy atom. The van der Waals surface area contributed by atoms with E-state index in [0.29, 0.717) is 29.2 Å². The zero-order valence-electron chi connectivity index (χ0n) is 17.2. The molecule has 0 heterocycles. The molecule has 154 valence electrons. The summed E-state index contributed by atoms with van der Waals surface area (Å²) in [4.78, 5) is 25.2. The largest absolute Gasteiger partial charge is 0.493 e. The number of thiocarbonyl (C=S) groups is 1. The van der Waals surface area contributed by atoms with Crippen LogP contribution in [0.15, 0.2) is 48.5 Å². The van der Waals surface area contributed by atoms with Gasteiger partial charge in [-0.1, -0.05) is 31.2 Å². The van der Waals surface area contributed by atoms with Crippen LogP contribution in [0.5, 0.6) is 5.75 Å². The Kier molecular flexibility index (Phi) is 7.73. The van der Waals surface area contributed by atoms with Gasteiger partial charge in [-0.3, -0.25) is 14.9 Å². The molecule has 3 N–H and O–H groups in total. The highest BCUT2D eigenvalue weighted by atomic mass is 32.1. The van der Waals surface area contributed by atoms with Crippen molar-refractivity contribution in [2.75, 3.05) is 11.9 Å². The Labute approximate surface area is 177 Å². The standard InChI is InChI=1S/C22H27N3O3S/c1-5-14-28-18-13-9-7-11-16(18)19(26)24-21(29)23-17-12-8-6-10-15(17)20(27)25-22(2,3)4/h6-13H,5,14H2,1-4H3,(H,25,27)(H2,23,24,26,29). The number of hydrogen-bond donors (Lipinski definition) is 3. The lowest BCUT2D eigenvalue weighted by atomic mass is 10.1. The van der Waals surface area contributed by atoms with Crippen LogP contribution < -0.4 is 20.7 Å². The molecule has 0 unspecified atom stereocenters. The average Bonchev–Trinajstić information content (AvgIpc) is 2.65. The minimum Gasteiger partial charge on any atom is -0.493 e. The summed E-state index contributed by atoms with van der Waals surface area (Å²) in [6.45, 7) is 8.23. The molecule has 0 atom stereocenters. The van der Waals surface area contributed by atoms with E-state index >= 15 is 0 Å². The van der Waals surface area contributed by atoms with Crippen LogP contribution in [0.1, 0.15) is 54.8 Å². The first-order valence-electron chi connectivity index (χ1n) is 9.47. The van der Waals surface area contributed by atoms with Crippen LogP contribution in [-0.2, 0) is 0 Å². The van der Waals surface area contributed by atoms with Crippen LogP contribution >= 0.6 is 12.2 Å². The third-order valence-corrected chi connectivity index (χ3v) is 3.93. The maximum atomic E-state index is 12.6. The van der Waals surface area contributed by atoms with Gasteiger partial charge < -0.3 is 15.4 Å². The molecule has 2 amide bonds. The summed E-state index contributed by atoms with van der Waals surface area (Å²) in [5.41, 5.74) is 0.964. The highest BCUT2D eigenvalue weighted by molar-refractivity contribution is 7.80. The number of rotatable bonds is 6. The molecule has 7 heteroatoms. The summed E-state index contributed by atoms with van der Waals surface area (Å²) in [6.07, 6.45) is 0.837. The first kappa shape index (κ1) is 22.4. The normalized spacial score (nSPS) is 10.8. The molecule has 0 fully saturated rings. The molecule has 0 spiro atoms. The number of carbonyl (C=O) groups excluding carboxylic acids is 2. The smallest absolute Gasteiger partial charge is 0.261 e. The van der Waals surface area contributed by atoms with Gasteiger partial charge >= 0.3 is 0 Å². The van der Waals surface area contributed by atoms with Gasteiger partial charge in [0.2, 0.25) is 0 Å². The highest BCUT2D eigenvalue weighted by Crippen LogP contribution is 2.19. The second-order valence-electron chi connectivity index (χ2n) is 7.50. The number of carbonyl (C=O) groups is 2. The van der Waals surface area contributed by atoms with Crippen molar-refractivity contribution in [3.63, 3.8) is 0 Å². The molecule has 0 aliphatic carbocycles. The van der Waals surface area contributed by atoms with E-state index in [0.717, 1.165) is 6.42 Å². The first-order valence-corrected chi connectivity index (χ1v) is 9.88. The number of ether oxygens (including phenoxy) is 1. The van der Waals surface area contributed by atoms with Gasteiger partial charge in [-0.2, -0.15) is 0 Å². The number of para-hydroxylation sites is 2. The zero-order chi connectivity index (χ0) is 21.4. The number of nitrogens with one attached hydrogen (secondary N) is 3. The van der Waals surface area contributed by atoms with E-state index in [9.17, 15) is 9.59 Å². The number of anilines is 1. The molecule has 2 aromatic carbocycles. The van der Waals surface area contributed by atoms with Crippen LogP contribution in [0.3, 0.4) is 0 Å². The van der Waals surface area contributed by atoms with Crippen molar-refractivity contribution in [1.82, 2.24) is 10.6 Å². The Morgan fingerprint density at radius 2 is 1.59 bits per heavy atom. The van der Waals surface area contributed by atoms with E-state index in [-0.39, 0.29) is 22.5 Å². The molecular weight excluding hydrogens is 386 g/mol. The minimum atomic E-state index is -0.383. The van der Waals surface area contributed by atoms with E-state index in [4.69, 9.17) is 17.0 Å². The summed E-state index contributed by atoms with van der Waals surface area (Å²) >= 11 is 5.28. The Morgan fingerprint density at radius 3 is 2.24 bits per heavy atom. The van der Waals surface area contributed by atoms with E-state index in [1.165, 1.54) is 0 Å². The third kappa shape index (κ3) is 6.87. The molecule has 2 aromatic rings. The number of hydrogen-bond acceptors (Lipinski definition) is 4. The lowest BCUT2D eigenvalue weighted by Gasteiger charge is -2.22. The van der Waals surface area contributed by atoms with Gasteiger partial charge in [-0.05, 0) is 63.7 Å². The minimum absolute atomic E-state index is 0.0938. The average molecular weight is 414 g/mol. The van der Waals surface area contributed by atoms with Crippen LogP contribution in [0, 0.1) is 0 Å². The van der Waals surface area contributed by atoms with Gasteiger partial charge in [0.25, 0.3) is 11.8 Å². The molecule has 0 aromatic heterocycles. The molecule has 6 nitrogen and oxygen atoms in total. The first-order chi connectivity index (χ1) is 13.7. The van der Waals surface area contributed by atoms with Crippen LogP contribution in [0.25, 0.3) is 0 Å². The summed E-state index contributed by atoms with van der Waals surface area (Å²) in [6, 6.07) is 14.0. The topological polar surface area (TPSA) is 79.5 Å². The monoisotopic (exact) mass is 413 g/mol. The van der Waals surface area contributed by atoms with Gasteiger partial charge in [0, 0.05) is 5.54 Å². The van der Waals surface area contributed by atoms with Crippen molar-refractivity contribution in [2.24, 2.45) is 0 Å². The third-order valence-electron chi connectivity index (χ3n) is 3.73. The zero-order valence-corrected chi connectivity index (χ0v) is 18.0. The predicted octanol–water partition coefficient (Wildman–Crippen LogP) is 4.13. The summed E-state index contributed by atoms with van der Waals surface area (Å²) in [7, 11) is 0. The summed E-state index contributed by atoms with van der Waals surface area (Å²) in [5.74, 6) is -0.113. The molecule has 0 saturated carbocycles. The SMILES string of the molecule is CCCOc1ccccc1C(=O)NC(=S)Nc1ccccc1C(=O)NC(C)(C)C. The van der Waals surface area contributed by atoms with Gasteiger partial charge in [0.05, 0.1) is 23.4 Å². The van der Waals surface area contributed by atoms with Crippen LogP contribution in [0.2, 0.25) is 0 Å². The fourth-order valence-corrected chi connectivity index (χ4v) is 2.72. The highest BCUT2D eigenvalue weighted by Gasteiger charge is 2.19. The molecule has 0 aliphatic heterocycles. The van der Waals surface area contributed by atoms with Crippen molar-refractivity contribution in [2.45, 2.75) is 39.7 Å². The van der Waals surface area contributed by atoms with Gasteiger partial charge in [0.1, 0.15) is 5.75 Å². The number of amides is 2. The molecular formula is C22H27N3O3S. The van der Waals surface area contributed by atoms with E-state index in [1.807, 2.05) is 33.8 Å². The van der Waals surface area contributed by atoms with Crippen LogP contribution in [-0.4, -0.2) is 29.1 Å². The van der Waals surface area contributed by atoms with E-state index in [1.54, 1.807) is 42.5 Å². The maximum Gasteiger partial charge on any atom is 0.261 e. The molecule has 0 saturated heterocycles. The second-order valence-corrected chi connectivity index (χ2v) is 7.91. The van der Waals surface area contributed by atoms with E-state index < -0.39 is 0 Å². The van der Waals surface area contributed by atoms with E-state index in [2.05, 4.69) is 16.0 Å². The Bertz CT molecular complexity index is 891. The van der Waals surface area contributed by atoms with Crippen molar-refractivity contribution in [3.8, 4) is 5.75 Å². The van der Waals surface area contributed by atoms with Crippen molar-refractivity contribution in [3.05, 3.63) is 59.7 Å². The second kappa shape index (κ2) is 10.0. The van der Waals surface area contributed by atoms with Gasteiger partial charge in [0.15, 0.2) is 5.11 Å². The quantitative estimate of drug-likeness (QED) is 0.621. The van der Waals surface area contributed by atoms with Gasteiger partial charge in [-0.25, -0.2) is 0 Å². The fraction of sp³-hybridized carbons (Fsp3) is 0.318. The van der Waals surface area contributed by atoms with Crippen molar-refractivity contribution >= 4 is 34.8 Å². The maximum absolute atomic E-state index is 12.6. The van der Waals surface area contributed by atoms with Gasteiger partial charge in [-0.15, -0.1) is 0 Å². The molecule has 0 bridgehead atoms. The molecule has 0 aliphatic rings. The fourth-order valence-electron chi connectivity index (χ4n) is 2.51. The summed E-state index contributed by atoms with van der Waals surface area (Å²) in [5, 5.41) is 8.59. The molecule has 29 heavy (non-hydrogen) atoms. The van der Waals surface area contributed by atoms with Crippen molar-refractivity contribution in [1.29, 1.82) is 0 Å². The predicted molar refractivity (Wildman–Crippen MR) is 120 cm³/mol. The van der Waals surface area contributed by atoms with Crippen molar-refractivity contribution < 1.29 is 14.3 Å². The lowest BCUT2D eigenvalue weighted by Crippen LogP contribution is -2.41. The number of benzene rings is 2. The summed E-state index contributed by atoms with van der Waals surface area (Å²) < 4.78 is 5.63.